The lowest BCUT2D eigenvalue weighted by Gasteiger charge is -2.35. The van der Waals surface area contributed by atoms with Crippen molar-refractivity contribution in [3.8, 4) is 5.75 Å². The van der Waals surface area contributed by atoms with Gasteiger partial charge < -0.3 is 18.9 Å². The Morgan fingerprint density at radius 1 is 1.13 bits per heavy atom. The number of ether oxygens (including phenoxy) is 4. The summed E-state index contributed by atoms with van der Waals surface area (Å²) < 4.78 is 22.0. The van der Waals surface area contributed by atoms with Gasteiger partial charge in [-0.1, -0.05) is 63.0 Å². The van der Waals surface area contributed by atoms with Crippen molar-refractivity contribution in [3.05, 3.63) is 42.0 Å². The van der Waals surface area contributed by atoms with E-state index in [2.05, 4.69) is 6.92 Å². The highest BCUT2D eigenvalue weighted by molar-refractivity contribution is 5.68. The fourth-order valence-corrected chi connectivity index (χ4v) is 3.45. The highest BCUT2D eigenvalue weighted by Crippen LogP contribution is 2.25. The first-order valence-electron chi connectivity index (χ1n) is 10.9. The molecule has 30 heavy (non-hydrogen) atoms. The standard InChI is InChI=1S/C24H39NO5/c1-6-9-10-11-16-21(23(14-7-2)30-19-27-4)25(24(26)29-8-3)18-20-15-12-13-17-22(20)28-5/h7,12-15,17,21,23H,6,8-11,16,18-19H2,1-5H3/b14-7+/t21-,23-/m0/s1. The minimum Gasteiger partial charge on any atom is -0.496 e. The first-order chi connectivity index (χ1) is 14.6. The third kappa shape index (κ3) is 8.76. The van der Waals surface area contributed by atoms with Crippen LogP contribution in [-0.2, 0) is 20.8 Å². The second-order valence-electron chi connectivity index (χ2n) is 7.12. The maximum absolute atomic E-state index is 13.0. The van der Waals surface area contributed by atoms with E-state index in [9.17, 15) is 4.79 Å². The number of hydrogen-bond donors (Lipinski definition) is 0. The Morgan fingerprint density at radius 2 is 1.90 bits per heavy atom. The molecule has 6 heteroatoms. The van der Waals surface area contributed by atoms with Crippen molar-refractivity contribution in [2.24, 2.45) is 0 Å². The van der Waals surface area contributed by atoms with Crippen LogP contribution in [0.3, 0.4) is 0 Å². The first-order valence-corrected chi connectivity index (χ1v) is 10.9. The quantitative estimate of drug-likeness (QED) is 0.211. The van der Waals surface area contributed by atoms with Crippen molar-refractivity contribution in [3.63, 3.8) is 0 Å². The molecule has 0 aliphatic heterocycles. The van der Waals surface area contributed by atoms with Crippen LogP contribution in [0.2, 0.25) is 0 Å². The third-order valence-corrected chi connectivity index (χ3v) is 4.93. The number of allylic oxidation sites excluding steroid dienone is 1. The van der Waals surface area contributed by atoms with Crippen molar-refractivity contribution in [1.29, 1.82) is 0 Å². The third-order valence-electron chi connectivity index (χ3n) is 4.93. The van der Waals surface area contributed by atoms with Gasteiger partial charge in [-0.25, -0.2) is 4.79 Å². The van der Waals surface area contributed by atoms with E-state index in [1.165, 1.54) is 6.42 Å². The summed E-state index contributed by atoms with van der Waals surface area (Å²) in [6.07, 6.45) is 8.56. The maximum Gasteiger partial charge on any atom is 0.410 e. The predicted octanol–water partition coefficient (Wildman–Crippen LogP) is 5.56. The SMILES string of the molecule is C/C=C/[C@H](OCOC)[C@H](CCCCCC)N(Cc1ccccc1OC)C(=O)OCC. The van der Waals surface area contributed by atoms with Crippen LogP contribution in [0.25, 0.3) is 0 Å². The van der Waals surface area contributed by atoms with Gasteiger partial charge in [0.25, 0.3) is 0 Å². The summed E-state index contributed by atoms with van der Waals surface area (Å²) in [4.78, 5) is 14.8. The summed E-state index contributed by atoms with van der Waals surface area (Å²) in [6.45, 7) is 6.81. The normalized spacial score (nSPS) is 13.2. The molecule has 1 aromatic rings. The highest BCUT2D eigenvalue weighted by Gasteiger charge is 2.31. The van der Waals surface area contributed by atoms with Crippen LogP contribution in [0.5, 0.6) is 5.75 Å². The van der Waals surface area contributed by atoms with Gasteiger partial charge in [-0.15, -0.1) is 0 Å². The minimum absolute atomic E-state index is 0.159. The van der Waals surface area contributed by atoms with Crippen LogP contribution in [0.15, 0.2) is 36.4 Å². The van der Waals surface area contributed by atoms with E-state index in [-0.39, 0.29) is 25.0 Å². The van der Waals surface area contributed by atoms with Crippen molar-refractivity contribution >= 4 is 6.09 Å². The van der Waals surface area contributed by atoms with Crippen molar-refractivity contribution < 1.29 is 23.7 Å². The number of nitrogens with zero attached hydrogens (tertiary/aromatic N) is 1. The summed E-state index contributed by atoms with van der Waals surface area (Å²) in [5.41, 5.74) is 0.928. The molecule has 0 unspecified atom stereocenters. The zero-order valence-corrected chi connectivity index (χ0v) is 19.3. The van der Waals surface area contributed by atoms with Crippen LogP contribution >= 0.6 is 0 Å². The molecule has 0 N–H and O–H groups in total. The van der Waals surface area contributed by atoms with Crippen LogP contribution in [0.4, 0.5) is 4.79 Å². The lowest BCUT2D eigenvalue weighted by Crippen LogP contribution is -2.47. The van der Waals surface area contributed by atoms with Gasteiger partial charge in [0.1, 0.15) is 12.5 Å². The Kier molecular flexibility index (Phi) is 13.6. The largest absolute Gasteiger partial charge is 0.496 e. The zero-order valence-electron chi connectivity index (χ0n) is 19.3. The molecule has 0 aliphatic rings. The summed E-state index contributed by atoms with van der Waals surface area (Å²) in [5, 5.41) is 0. The topological polar surface area (TPSA) is 57.2 Å². The van der Waals surface area contributed by atoms with E-state index in [0.717, 1.165) is 37.0 Å². The second-order valence-corrected chi connectivity index (χ2v) is 7.12. The van der Waals surface area contributed by atoms with Gasteiger partial charge in [-0.2, -0.15) is 0 Å². The number of hydrogen-bond acceptors (Lipinski definition) is 5. The molecule has 0 heterocycles. The molecule has 0 fully saturated rings. The molecule has 0 bridgehead atoms. The van der Waals surface area contributed by atoms with Gasteiger partial charge in [0.2, 0.25) is 0 Å². The number of para-hydroxylation sites is 1. The molecule has 0 aliphatic carbocycles. The zero-order chi connectivity index (χ0) is 22.2. The van der Waals surface area contributed by atoms with Crippen molar-refractivity contribution in [2.45, 2.75) is 71.6 Å². The van der Waals surface area contributed by atoms with Crippen LogP contribution < -0.4 is 4.74 Å². The molecule has 1 rings (SSSR count). The molecule has 6 nitrogen and oxygen atoms in total. The average molecular weight is 422 g/mol. The number of amides is 1. The maximum atomic E-state index is 13.0. The van der Waals surface area contributed by atoms with Gasteiger partial charge in [0.05, 0.1) is 32.4 Å². The van der Waals surface area contributed by atoms with Gasteiger partial charge >= 0.3 is 6.09 Å². The number of benzene rings is 1. The van der Waals surface area contributed by atoms with Crippen LogP contribution in [0, 0.1) is 0 Å². The number of carbonyl (C=O) groups is 1. The molecule has 0 saturated carbocycles. The number of unbranched alkanes of at least 4 members (excludes halogenated alkanes) is 3. The Hall–Kier alpha value is -2.05. The van der Waals surface area contributed by atoms with Gasteiger partial charge in [-0.05, 0) is 26.3 Å². The van der Waals surface area contributed by atoms with Crippen molar-refractivity contribution in [1.82, 2.24) is 4.90 Å². The number of carbonyl (C=O) groups excluding carboxylic acids is 1. The Balaban J connectivity index is 3.24. The summed E-state index contributed by atoms with van der Waals surface area (Å²) in [5.74, 6) is 0.747. The van der Waals surface area contributed by atoms with Gasteiger partial charge in [0, 0.05) is 12.7 Å². The molecule has 0 spiro atoms. The van der Waals surface area contributed by atoms with E-state index in [4.69, 9.17) is 18.9 Å². The first kappa shape index (κ1) is 26.0. The number of methoxy groups -OCH3 is 2. The second kappa shape index (κ2) is 15.7. The minimum atomic E-state index is -0.348. The molecule has 1 amide bonds. The van der Waals surface area contributed by atoms with E-state index in [0.29, 0.717) is 13.2 Å². The lowest BCUT2D eigenvalue weighted by atomic mass is 9.99. The molecule has 0 saturated heterocycles. The van der Waals surface area contributed by atoms with Gasteiger partial charge in [0.15, 0.2) is 0 Å². The molecule has 0 radical (unpaired) electrons. The predicted molar refractivity (Wildman–Crippen MR) is 120 cm³/mol. The van der Waals surface area contributed by atoms with Crippen LogP contribution in [-0.4, -0.2) is 50.8 Å². The van der Waals surface area contributed by atoms with E-state index < -0.39 is 0 Å². The summed E-state index contributed by atoms with van der Waals surface area (Å²) in [7, 11) is 3.24. The Morgan fingerprint density at radius 3 is 2.53 bits per heavy atom. The number of rotatable bonds is 15. The molecule has 170 valence electrons. The van der Waals surface area contributed by atoms with Crippen molar-refractivity contribution in [2.75, 3.05) is 27.6 Å². The molecule has 2 atom stereocenters. The molecular formula is C24H39NO5. The fraction of sp³-hybridized carbons (Fsp3) is 0.625. The lowest BCUT2D eigenvalue weighted by molar-refractivity contribution is -0.0822. The molecule has 1 aromatic carbocycles. The van der Waals surface area contributed by atoms with E-state index in [1.54, 1.807) is 19.1 Å². The summed E-state index contributed by atoms with van der Waals surface area (Å²) >= 11 is 0. The fourth-order valence-electron chi connectivity index (χ4n) is 3.45. The summed E-state index contributed by atoms with van der Waals surface area (Å²) in [6, 6.07) is 7.56. The average Bonchev–Trinajstić information content (AvgIpc) is 2.76. The Bertz CT molecular complexity index is 619. The van der Waals surface area contributed by atoms with Gasteiger partial charge in [-0.3, -0.25) is 4.90 Å². The van der Waals surface area contributed by atoms with E-state index >= 15 is 0 Å². The molecular weight excluding hydrogens is 382 g/mol. The smallest absolute Gasteiger partial charge is 0.410 e. The Labute approximate surface area is 182 Å². The van der Waals surface area contributed by atoms with E-state index in [1.807, 2.05) is 50.3 Å². The molecule has 0 aromatic heterocycles. The monoisotopic (exact) mass is 421 g/mol. The highest BCUT2D eigenvalue weighted by atomic mass is 16.7. The van der Waals surface area contributed by atoms with Crippen LogP contribution in [0.1, 0.15) is 58.4 Å².